The average molecular weight is 727 g/mol. The Morgan fingerprint density at radius 1 is 0.850 bits per heavy atom. The molecule has 0 fully saturated rings. The Bertz CT molecular complexity index is 587. The van der Waals surface area contributed by atoms with E-state index in [1.807, 2.05) is 90.4 Å². The van der Waals surface area contributed by atoms with Gasteiger partial charge in [-0.3, -0.25) is 9.59 Å². The molecule has 108 valence electrons. The molecule has 0 saturated carbocycles. The van der Waals surface area contributed by atoms with Crippen molar-refractivity contribution in [3.8, 4) is 0 Å². The lowest BCUT2D eigenvalue weighted by atomic mass is 10.1. The van der Waals surface area contributed by atoms with E-state index < -0.39 is 24.4 Å². The van der Waals surface area contributed by atoms with Crippen molar-refractivity contribution in [2.45, 2.75) is 0 Å². The number of carbonyl (C=O) groups excluding carboxylic acids is 1. The molecule has 0 aliphatic rings. The van der Waals surface area contributed by atoms with Gasteiger partial charge in [0, 0.05) is 14.3 Å². The lowest BCUT2D eigenvalue weighted by molar-refractivity contribution is -0.135. The van der Waals surface area contributed by atoms with Crippen molar-refractivity contribution >= 4 is 108 Å². The van der Waals surface area contributed by atoms with Gasteiger partial charge in [-0.25, -0.2) is 4.79 Å². The van der Waals surface area contributed by atoms with Crippen LogP contribution in [-0.2, 0) is 4.79 Å². The van der Waals surface area contributed by atoms with Crippen LogP contribution in [0.4, 0.5) is 0 Å². The van der Waals surface area contributed by atoms with Crippen LogP contribution in [0.5, 0.6) is 0 Å². The van der Waals surface area contributed by atoms with Crippen molar-refractivity contribution in [2.24, 2.45) is 0 Å². The van der Waals surface area contributed by atoms with Gasteiger partial charge < -0.3 is 15.5 Å². The van der Waals surface area contributed by atoms with Crippen LogP contribution >= 0.6 is 90.4 Å². The van der Waals surface area contributed by atoms with Gasteiger partial charge in [0.25, 0.3) is 5.91 Å². The first-order valence-electron chi connectivity index (χ1n) is 4.77. The second-order valence-electron chi connectivity index (χ2n) is 3.39. The zero-order chi connectivity index (χ0) is 15.6. The Morgan fingerprint density at radius 3 is 1.60 bits per heavy atom. The van der Waals surface area contributed by atoms with Crippen LogP contribution in [0.1, 0.15) is 20.7 Å². The molecule has 0 aliphatic carbocycles. The summed E-state index contributed by atoms with van der Waals surface area (Å²) in [6.07, 6.45) is 0. The van der Waals surface area contributed by atoms with Gasteiger partial charge in [-0.05, 0) is 90.4 Å². The molecule has 6 nitrogen and oxygen atoms in total. The zero-order valence-corrected chi connectivity index (χ0v) is 18.0. The quantitative estimate of drug-likeness (QED) is 0.328. The van der Waals surface area contributed by atoms with Crippen LogP contribution in [-0.4, -0.2) is 34.6 Å². The van der Waals surface area contributed by atoms with E-state index in [0.29, 0.717) is 19.8 Å². The van der Waals surface area contributed by atoms with E-state index in [2.05, 4.69) is 5.32 Å². The first-order valence-corrected chi connectivity index (χ1v) is 9.09. The number of halogens is 4. The van der Waals surface area contributed by atoms with Gasteiger partial charge in [0.15, 0.2) is 0 Å². The normalized spacial score (nSPS) is 10.2. The summed E-state index contributed by atoms with van der Waals surface area (Å²) >= 11 is 7.52. The number of rotatable bonds is 4. The van der Waals surface area contributed by atoms with Crippen molar-refractivity contribution < 1.29 is 24.6 Å². The molecule has 1 aromatic carbocycles. The molecule has 0 saturated heterocycles. The van der Waals surface area contributed by atoms with Gasteiger partial charge in [0.2, 0.25) is 0 Å². The summed E-state index contributed by atoms with van der Waals surface area (Å²) in [6, 6.07) is 0. The Labute approximate surface area is 168 Å². The summed E-state index contributed by atoms with van der Waals surface area (Å²) < 4.78 is 1.91. The van der Waals surface area contributed by atoms with Crippen LogP contribution in [0.25, 0.3) is 0 Å². The highest BCUT2D eigenvalue weighted by Gasteiger charge is 2.26. The number of aromatic carboxylic acids is 1. The maximum atomic E-state index is 12.0. The van der Waals surface area contributed by atoms with E-state index >= 15 is 0 Å². The van der Waals surface area contributed by atoms with Crippen LogP contribution in [0.2, 0.25) is 0 Å². The van der Waals surface area contributed by atoms with Crippen molar-refractivity contribution in [3.05, 3.63) is 25.4 Å². The standard InChI is InChI=1S/C10H5I4NO5/c11-5-3(9(18)15-1-2(16)17)6(12)8(14)4(7(5)13)10(19)20/h1H2,(H,15,18)(H,16,17)(H,19,20). The minimum Gasteiger partial charge on any atom is -0.480 e. The van der Waals surface area contributed by atoms with Crippen molar-refractivity contribution in [2.75, 3.05) is 6.54 Å². The highest BCUT2D eigenvalue weighted by atomic mass is 127. The number of aliphatic carboxylic acids is 1. The Balaban J connectivity index is 3.39. The first kappa shape index (κ1) is 18.6. The molecular formula is C10H5I4NO5. The van der Waals surface area contributed by atoms with Crippen LogP contribution < -0.4 is 5.32 Å². The lowest BCUT2D eigenvalue weighted by Crippen LogP contribution is -2.31. The molecule has 1 amide bonds. The zero-order valence-electron chi connectivity index (χ0n) is 9.34. The molecule has 0 aromatic heterocycles. The Kier molecular flexibility index (Phi) is 7.16. The SMILES string of the molecule is O=C(O)CNC(=O)c1c(I)c(I)c(C(=O)O)c(I)c1I. The summed E-state index contributed by atoms with van der Waals surface area (Å²) in [5.74, 6) is -2.74. The molecular weight excluding hydrogens is 722 g/mol. The number of carboxylic acid groups (broad SMARTS) is 2. The van der Waals surface area contributed by atoms with E-state index in [0.717, 1.165) is 0 Å². The highest BCUT2D eigenvalue weighted by molar-refractivity contribution is 14.1. The lowest BCUT2D eigenvalue weighted by Gasteiger charge is -2.14. The van der Waals surface area contributed by atoms with Gasteiger partial charge in [-0.1, -0.05) is 0 Å². The third-order valence-corrected chi connectivity index (χ3v) is 8.48. The summed E-state index contributed by atoms with van der Waals surface area (Å²) in [5.41, 5.74) is 0.445. The molecule has 0 atom stereocenters. The summed E-state index contributed by atoms with van der Waals surface area (Å²) in [6.45, 7) is -0.487. The highest BCUT2D eigenvalue weighted by Crippen LogP contribution is 2.32. The first-order chi connectivity index (χ1) is 9.18. The second kappa shape index (κ2) is 7.70. The van der Waals surface area contributed by atoms with E-state index in [-0.39, 0.29) is 5.56 Å². The molecule has 0 unspecified atom stereocenters. The van der Waals surface area contributed by atoms with E-state index in [4.69, 9.17) is 5.11 Å². The molecule has 3 N–H and O–H groups in total. The fourth-order valence-corrected chi connectivity index (χ4v) is 5.40. The summed E-state index contributed by atoms with van der Waals surface area (Å²) in [4.78, 5) is 33.8. The predicted molar refractivity (Wildman–Crippen MR) is 104 cm³/mol. The number of hydrogen-bond acceptors (Lipinski definition) is 3. The molecule has 0 heterocycles. The molecule has 0 bridgehead atoms. The number of benzene rings is 1. The fourth-order valence-electron chi connectivity index (χ4n) is 1.26. The number of nitrogens with one attached hydrogen (secondary N) is 1. The minimum absolute atomic E-state index is 0.148. The van der Waals surface area contributed by atoms with Crippen LogP contribution in [0.3, 0.4) is 0 Å². The molecule has 1 aromatic rings. The predicted octanol–water partition coefficient (Wildman–Crippen LogP) is 2.62. The maximum absolute atomic E-state index is 12.0. The average Bonchev–Trinajstić information content (AvgIpc) is 2.34. The number of hydrogen-bond donors (Lipinski definition) is 3. The van der Waals surface area contributed by atoms with Gasteiger partial charge >= 0.3 is 11.9 Å². The summed E-state index contributed by atoms with van der Waals surface area (Å²) in [7, 11) is 0. The molecule has 0 spiro atoms. The topological polar surface area (TPSA) is 104 Å². The van der Waals surface area contributed by atoms with E-state index in [9.17, 15) is 19.5 Å². The fraction of sp³-hybridized carbons (Fsp3) is 0.100. The Hall–Kier alpha value is 0.550. The third-order valence-electron chi connectivity index (χ3n) is 2.10. The van der Waals surface area contributed by atoms with Crippen molar-refractivity contribution in [3.63, 3.8) is 0 Å². The molecule has 0 aliphatic heterocycles. The molecule has 1 rings (SSSR count). The van der Waals surface area contributed by atoms with E-state index in [1.165, 1.54) is 0 Å². The van der Waals surface area contributed by atoms with Gasteiger partial charge in [-0.2, -0.15) is 0 Å². The molecule has 10 heteroatoms. The third kappa shape index (κ3) is 4.05. The van der Waals surface area contributed by atoms with Crippen molar-refractivity contribution in [1.29, 1.82) is 0 Å². The van der Waals surface area contributed by atoms with Gasteiger partial charge in [-0.15, -0.1) is 0 Å². The monoisotopic (exact) mass is 727 g/mol. The van der Waals surface area contributed by atoms with E-state index in [1.54, 1.807) is 0 Å². The van der Waals surface area contributed by atoms with Crippen molar-refractivity contribution in [1.82, 2.24) is 5.32 Å². The molecule has 0 radical (unpaired) electrons. The maximum Gasteiger partial charge on any atom is 0.337 e. The number of carbonyl (C=O) groups is 3. The van der Waals surface area contributed by atoms with Crippen LogP contribution in [0, 0.1) is 14.3 Å². The number of amides is 1. The van der Waals surface area contributed by atoms with Gasteiger partial charge in [0.05, 0.1) is 11.1 Å². The second-order valence-corrected chi connectivity index (χ2v) is 7.70. The Morgan fingerprint density at radius 2 is 1.25 bits per heavy atom. The van der Waals surface area contributed by atoms with Crippen LogP contribution in [0.15, 0.2) is 0 Å². The molecule has 20 heavy (non-hydrogen) atoms. The van der Waals surface area contributed by atoms with Gasteiger partial charge in [0.1, 0.15) is 6.54 Å². The smallest absolute Gasteiger partial charge is 0.337 e. The number of carboxylic acids is 2. The summed E-state index contributed by atoms with van der Waals surface area (Å²) in [5, 5.41) is 20.1. The minimum atomic E-state index is -1.14. The largest absolute Gasteiger partial charge is 0.480 e.